The van der Waals surface area contributed by atoms with E-state index in [4.69, 9.17) is 0 Å². The van der Waals surface area contributed by atoms with Crippen LogP contribution >= 0.6 is 0 Å². The quantitative estimate of drug-likeness (QED) is 0.733. The number of halogens is 1. The summed E-state index contributed by atoms with van der Waals surface area (Å²) in [5.41, 5.74) is -0.0439. The van der Waals surface area contributed by atoms with Crippen molar-refractivity contribution in [2.75, 3.05) is 13.1 Å². The van der Waals surface area contributed by atoms with Gasteiger partial charge in [0.15, 0.2) is 0 Å². The second kappa shape index (κ2) is 5.92. The van der Waals surface area contributed by atoms with E-state index in [9.17, 15) is 18.3 Å². The van der Waals surface area contributed by atoms with E-state index in [2.05, 4.69) is 5.32 Å². The number of carbonyl (C=O) groups is 1. The van der Waals surface area contributed by atoms with Crippen molar-refractivity contribution in [3.8, 4) is 5.75 Å². The van der Waals surface area contributed by atoms with Gasteiger partial charge in [-0.1, -0.05) is 12.1 Å². The first-order valence-electron chi connectivity index (χ1n) is 10.1. The molecule has 0 spiro atoms. The Morgan fingerprint density at radius 1 is 1.14 bits per heavy atom. The van der Waals surface area contributed by atoms with Crippen LogP contribution in [-0.4, -0.2) is 47.4 Å². The van der Waals surface area contributed by atoms with Gasteiger partial charge < -0.3 is 10.4 Å². The summed E-state index contributed by atoms with van der Waals surface area (Å²) in [6.45, 7) is 0.846. The van der Waals surface area contributed by atoms with Crippen molar-refractivity contribution in [1.82, 2.24) is 9.62 Å². The number of carbonyl (C=O) groups excluding carboxylic acids is 1. The minimum Gasteiger partial charge on any atom is -0.507 e. The number of hydrogen-bond acceptors (Lipinski definition) is 4. The molecule has 4 atom stereocenters. The summed E-state index contributed by atoms with van der Waals surface area (Å²) in [4.78, 5) is 12.7. The van der Waals surface area contributed by atoms with E-state index >= 15 is 4.39 Å². The molecule has 1 heterocycles. The molecule has 2 N–H and O–H groups in total. The molecule has 1 amide bonds. The predicted octanol–water partition coefficient (Wildman–Crippen LogP) is 2.40. The number of phenolic OH excluding ortho intramolecular Hbond substituents is 1. The van der Waals surface area contributed by atoms with E-state index in [1.807, 2.05) is 0 Å². The van der Waals surface area contributed by atoms with Gasteiger partial charge in [0.1, 0.15) is 10.5 Å². The number of sulfonamides is 1. The average molecular weight is 408 g/mol. The second-order valence-corrected chi connectivity index (χ2v) is 11.1. The maximum Gasteiger partial charge on any atom is 0.257 e. The first-order valence-corrected chi connectivity index (χ1v) is 11.5. The molecule has 1 saturated heterocycles. The van der Waals surface area contributed by atoms with Crippen LogP contribution in [-0.2, 0) is 10.0 Å². The zero-order chi connectivity index (χ0) is 19.7. The smallest absolute Gasteiger partial charge is 0.257 e. The Bertz CT molecular complexity index is 930. The van der Waals surface area contributed by atoms with Crippen LogP contribution in [0.25, 0.3) is 0 Å². The van der Waals surface area contributed by atoms with Gasteiger partial charge in [-0.3, -0.25) is 4.79 Å². The van der Waals surface area contributed by atoms with Crippen molar-refractivity contribution < 1.29 is 22.7 Å². The van der Waals surface area contributed by atoms with Crippen LogP contribution < -0.4 is 5.32 Å². The highest BCUT2D eigenvalue weighted by Crippen LogP contribution is 2.65. The van der Waals surface area contributed by atoms with Crippen LogP contribution in [0.3, 0.4) is 0 Å². The topological polar surface area (TPSA) is 86.7 Å². The highest BCUT2D eigenvalue weighted by molar-refractivity contribution is 7.90. The summed E-state index contributed by atoms with van der Waals surface area (Å²) in [6, 6.07) is 5.92. The molecule has 0 radical (unpaired) electrons. The van der Waals surface area contributed by atoms with Crippen LogP contribution in [0, 0.1) is 17.8 Å². The molecule has 4 aliphatic rings. The molecule has 5 rings (SSSR count). The summed E-state index contributed by atoms with van der Waals surface area (Å²) in [5.74, 6) is -2.65. The monoisotopic (exact) mass is 408 g/mol. The molecule has 0 aromatic heterocycles. The van der Waals surface area contributed by atoms with Crippen LogP contribution in [0.5, 0.6) is 5.75 Å². The van der Waals surface area contributed by atoms with E-state index in [1.54, 1.807) is 12.1 Å². The number of benzene rings is 1. The summed E-state index contributed by atoms with van der Waals surface area (Å²) in [7, 11) is -3.88. The third kappa shape index (κ3) is 2.40. The number of para-hydroxylation sites is 1. The van der Waals surface area contributed by atoms with Crippen molar-refractivity contribution in [1.29, 1.82) is 0 Å². The lowest BCUT2D eigenvalue weighted by molar-refractivity contribution is 0.0333. The van der Waals surface area contributed by atoms with Gasteiger partial charge >= 0.3 is 0 Å². The van der Waals surface area contributed by atoms with Gasteiger partial charge in [0, 0.05) is 19.5 Å². The van der Waals surface area contributed by atoms with Gasteiger partial charge in [-0.25, -0.2) is 17.1 Å². The summed E-state index contributed by atoms with van der Waals surface area (Å²) in [5, 5.41) is 12.3. The van der Waals surface area contributed by atoms with Crippen molar-refractivity contribution >= 4 is 15.9 Å². The zero-order valence-corrected chi connectivity index (χ0v) is 16.4. The third-order valence-electron chi connectivity index (χ3n) is 7.37. The first kappa shape index (κ1) is 18.4. The van der Waals surface area contributed by atoms with Gasteiger partial charge in [-0.2, -0.15) is 0 Å². The fourth-order valence-electron chi connectivity index (χ4n) is 5.64. The number of fused-ring (bicyclic) bond motifs is 2. The number of rotatable bonds is 5. The van der Waals surface area contributed by atoms with Gasteiger partial charge in [-0.15, -0.1) is 0 Å². The van der Waals surface area contributed by atoms with Crippen LogP contribution in [0.2, 0.25) is 0 Å². The lowest BCUT2D eigenvalue weighted by Crippen LogP contribution is -2.66. The molecule has 3 aliphatic carbocycles. The Balaban J connectivity index is 1.51. The molecule has 1 aromatic rings. The minimum atomic E-state index is -3.88. The largest absolute Gasteiger partial charge is 0.507 e. The number of nitrogens with zero attached hydrogens (tertiary/aromatic N) is 1. The van der Waals surface area contributed by atoms with E-state index < -0.39 is 26.5 Å². The molecule has 152 valence electrons. The zero-order valence-electron chi connectivity index (χ0n) is 15.6. The van der Waals surface area contributed by atoms with Crippen molar-refractivity contribution in [2.24, 2.45) is 17.8 Å². The lowest BCUT2D eigenvalue weighted by atomic mass is 9.81. The molecule has 4 fully saturated rings. The molecule has 8 heteroatoms. The summed E-state index contributed by atoms with van der Waals surface area (Å²) in [6.07, 6.45) is 3.53. The second-order valence-electron chi connectivity index (χ2n) is 8.90. The van der Waals surface area contributed by atoms with Crippen LogP contribution in [0.15, 0.2) is 24.3 Å². The molecule has 6 nitrogen and oxygen atoms in total. The Morgan fingerprint density at radius 2 is 1.86 bits per heavy atom. The Hall–Kier alpha value is -1.67. The van der Waals surface area contributed by atoms with Gasteiger partial charge in [0.25, 0.3) is 5.91 Å². The molecule has 1 aliphatic heterocycles. The number of alkyl halides is 1. The molecule has 1 aromatic carbocycles. The molecular weight excluding hydrogens is 383 g/mol. The van der Waals surface area contributed by atoms with E-state index in [1.165, 1.54) is 16.4 Å². The highest BCUT2D eigenvalue weighted by Gasteiger charge is 2.74. The molecule has 3 saturated carbocycles. The number of nitrogens with one attached hydrogen (secondary N) is 1. The highest BCUT2D eigenvalue weighted by atomic mass is 32.2. The Kier molecular flexibility index (Phi) is 3.88. The summed E-state index contributed by atoms with van der Waals surface area (Å²) >= 11 is 0. The lowest BCUT2D eigenvalue weighted by Gasteiger charge is -2.46. The molecular formula is C20H25FN2O4S. The normalized spacial score (nSPS) is 37.6. The van der Waals surface area contributed by atoms with Crippen molar-refractivity contribution in [3.63, 3.8) is 0 Å². The summed E-state index contributed by atoms with van der Waals surface area (Å²) < 4.78 is 43.1. The SMILES string of the molecule is O=C(N[C@@]1(F)C[C@@H]2C[C@]1(S(=O)(=O)N1CCC1)CC2C1CC1)c1ccccc1O. The standard InChI is InChI=1S/C20H25FN2O4S/c21-20(22-18(25)15-4-1-2-5-17(15)24)11-14-10-19(20,12-16(14)13-6-7-13)28(26,27)23-8-3-9-23/h1-2,4-5,13-14,16,24H,3,6-12H2,(H,22,25)/t14-,16?,19-,20-/m0/s1. The first-order chi connectivity index (χ1) is 13.3. The molecule has 28 heavy (non-hydrogen) atoms. The fraction of sp³-hybridized carbons (Fsp3) is 0.650. The number of phenols is 1. The maximum absolute atomic E-state index is 16.4. The molecule has 2 bridgehead atoms. The molecule has 1 unspecified atom stereocenters. The van der Waals surface area contributed by atoms with E-state index in [0.717, 1.165) is 19.3 Å². The van der Waals surface area contributed by atoms with Crippen molar-refractivity contribution in [3.05, 3.63) is 29.8 Å². The minimum absolute atomic E-state index is 0.0283. The number of amides is 1. The van der Waals surface area contributed by atoms with Gasteiger partial charge in [0.05, 0.1) is 5.56 Å². The predicted molar refractivity (Wildman–Crippen MR) is 101 cm³/mol. The Morgan fingerprint density at radius 3 is 2.46 bits per heavy atom. The van der Waals surface area contributed by atoms with Gasteiger partial charge in [-0.05, 0) is 62.0 Å². The third-order valence-corrected chi connectivity index (χ3v) is 10.1. The van der Waals surface area contributed by atoms with Gasteiger partial charge in [0.2, 0.25) is 15.8 Å². The number of aromatic hydroxyl groups is 1. The maximum atomic E-state index is 16.4. The van der Waals surface area contributed by atoms with E-state index in [-0.39, 0.29) is 42.4 Å². The van der Waals surface area contributed by atoms with Crippen molar-refractivity contribution in [2.45, 2.75) is 49.1 Å². The van der Waals surface area contributed by atoms with E-state index in [0.29, 0.717) is 19.0 Å². The fourth-order valence-corrected chi connectivity index (χ4v) is 8.25. The average Bonchev–Trinajstić information content (AvgIpc) is 3.28. The number of hydrogen-bond donors (Lipinski definition) is 2. The van der Waals surface area contributed by atoms with Crippen LogP contribution in [0.4, 0.5) is 4.39 Å². The van der Waals surface area contributed by atoms with Crippen LogP contribution in [0.1, 0.15) is 48.9 Å². The Labute approximate surface area is 164 Å².